The average Bonchev–Trinajstić information content (AvgIpc) is 3.18. The zero-order chi connectivity index (χ0) is 19.7. The van der Waals surface area contributed by atoms with Gasteiger partial charge in [0.15, 0.2) is 5.13 Å². The van der Waals surface area contributed by atoms with Crippen molar-refractivity contribution < 1.29 is 12.8 Å². The number of piperazine rings is 1. The van der Waals surface area contributed by atoms with E-state index in [2.05, 4.69) is 9.88 Å². The van der Waals surface area contributed by atoms with Crippen molar-refractivity contribution in [1.82, 2.24) is 4.98 Å². The molecular formula is C19H19FN4O2S2. The Bertz CT molecular complexity index is 1080. The molecule has 4 rings (SSSR count). The van der Waals surface area contributed by atoms with Crippen molar-refractivity contribution in [2.45, 2.75) is 4.90 Å². The first-order valence-corrected chi connectivity index (χ1v) is 11.2. The predicted molar refractivity (Wildman–Crippen MR) is 110 cm³/mol. The summed E-state index contributed by atoms with van der Waals surface area (Å²) in [6.07, 6.45) is 0. The van der Waals surface area contributed by atoms with Crippen LogP contribution in [-0.4, -0.2) is 39.6 Å². The molecule has 1 fully saturated rings. The summed E-state index contributed by atoms with van der Waals surface area (Å²) in [5.41, 5.74) is 2.34. The highest BCUT2D eigenvalue weighted by Crippen LogP contribution is 2.30. The van der Waals surface area contributed by atoms with Gasteiger partial charge in [-0.15, -0.1) is 11.3 Å². The van der Waals surface area contributed by atoms with Gasteiger partial charge in [0.2, 0.25) is 10.0 Å². The summed E-state index contributed by atoms with van der Waals surface area (Å²) in [6, 6.07) is 13.1. The summed E-state index contributed by atoms with van der Waals surface area (Å²) >= 11 is 1.55. The summed E-state index contributed by atoms with van der Waals surface area (Å²) in [7, 11) is -3.77. The molecule has 9 heteroatoms. The highest BCUT2D eigenvalue weighted by Gasteiger charge is 2.24. The van der Waals surface area contributed by atoms with E-state index < -0.39 is 10.0 Å². The molecule has 3 aromatic rings. The van der Waals surface area contributed by atoms with Crippen molar-refractivity contribution in [2.24, 2.45) is 5.14 Å². The minimum absolute atomic E-state index is 0.149. The van der Waals surface area contributed by atoms with E-state index in [0.717, 1.165) is 29.5 Å². The lowest BCUT2D eigenvalue weighted by Gasteiger charge is -2.36. The van der Waals surface area contributed by atoms with Crippen LogP contribution < -0.4 is 14.9 Å². The summed E-state index contributed by atoms with van der Waals surface area (Å²) in [4.78, 5) is 9.03. The maximum absolute atomic E-state index is 13.1. The van der Waals surface area contributed by atoms with E-state index in [0.29, 0.717) is 18.8 Å². The van der Waals surface area contributed by atoms with E-state index in [1.165, 1.54) is 18.2 Å². The molecule has 6 nitrogen and oxygen atoms in total. The molecule has 0 saturated carbocycles. The van der Waals surface area contributed by atoms with Crippen LogP contribution in [0, 0.1) is 5.82 Å². The minimum atomic E-state index is -3.77. The van der Waals surface area contributed by atoms with Crippen molar-refractivity contribution in [3.63, 3.8) is 0 Å². The molecule has 2 N–H and O–H groups in total. The van der Waals surface area contributed by atoms with Crippen LogP contribution >= 0.6 is 11.3 Å². The molecule has 2 heterocycles. The van der Waals surface area contributed by atoms with Crippen molar-refractivity contribution in [3.05, 3.63) is 59.7 Å². The highest BCUT2D eigenvalue weighted by molar-refractivity contribution is 7.89. The van der Waals surface area contributed by atoms with Crippen LogP contribution in [0.3, 0.4) is 0 Å². The second-order valence-electron chi connectivity index (χ2n) is 6.51. The average molecular weight is 419 g/mol. The van der Waals surface area contributed by atoms with Crippen LogP contribution in [0.2, 0.25) is 0 Å². The number of aromatic nitrogens is 1. The fraction of sp³-hybridized carbons (Fsp3) is 0.211. The lowest BCUT2D eigenvalue weighted by atomic mass is 10.2. The number of thiazole rings is 1. The van der Waals surface area contributed by atoms with Crippen molar-refractivity contribution >= 4 is 32.2 Å². The third-order valence-electron chi connectivity index (χ3n) is 4.69. The summed E-state index contributed by atoms with van der Waals surface area (Å²) in [5, 5.41) is 8.22. The third kappa shape index (κ3) is 3.87. The Labute approximate surface area is 167 Å². The van der Waals surface area contributed by atoms with Gasteiger partial charge in [-0.2, -0.15) is 0 Å². The van der Waals surface area contributed by atoms with Gasteiger partial charge in [-0.25, -0.2) is 22.9 Å². The molecule has 0 atom stereocenters. The Morgan fingerprint density at radius 3 is 2.29 bits per heavy atom. The maximum atomic E-state index is 13.1. The van der Waals surface area contributed by atoms with E-state index in [9.17, 15) is 12.8 Å². The molecule has 2 aromatic carbocycles. The Morgan fingerprint density at radius 1 is 0.964 bits per heavy atom. The Balaban J connectivity index is 1.48. The number of sulfonamides is 1. The van der Waals surface area contributed by atoms with Crippen molar-refractivity contribution in [2.75, 3.05) is 36.0 Å². The van der Waals surface area contributed by atoms with Gasteiger partial charge in [0.25, 0.3) is 0 Å². The molecular weight excluding hydrogens is 399 g/mol. The molecule has 1 aliphatic heterocycles. The first-order chi connectivity index (χ1) is 13.4. The molecule has 1 saturated heterocycles. The number of hydrogen-bond donors (Lipinski definition) is 1. The van der Waals surface area contributed by atoms with Crippen molar-refractivity contribution in [3.8, 4) is 11.3 Å². The van der Waals surface area contributed by atoms with Gasteiger partial charge < -0.3 is 9.80 Å². The number of anilines is 2. The fourth-order valence-electron chi connectivity index (χ4n) is 3.26. The molecule has 0 unspecified atom stereocenters. The number of nitrogens with two attached hydrogens (primary N) is 1. The fourth-order valence-corrected chi connectivity index (χ4v) is 4.91. The number of benzene rings is 2. The van der Waals surface area contributed by atoms with E-state index >= 15 is 0 Å². The Hall–Kier alpha value is -2.49. The maximum Gasteiger partial charge on any atom is 0.240 e. The highest BCUT2D eigenvalue weighted by atomic mass is 32.2. The molecule has 146 valence electrons. The topological polar surface area (TPSA) is 79.5 Å². The number of para-hydroxylation sites is 1. The van der Waals surface area contributed by atoms with E-state index in [-0.39, 0.29) is 10.7 Å². The van der Waals surface area contributed by atoms with Crippen LogP contribution in [0.4, 0.5) is 15.2 Å². The van der Waals surface area contributed by atoms with Gasteiger partial charge in [0, 0.05) is 37.1 Å². The van der Waals surface area contributed by atoms with Crippen molar-refractivity contribution in [1.29, 1.82) is 0 Å². The molecule has 1 aliphatic rings. The molecule has 0 aliphatic carbocycles. The molecule has 0 amide bonds. The zero-order valence-electron chi connectivity index (χ0n) is 15.0. The normalized spacial score (nSPS) is 15.1. The number of rotatable bonds is 4. The summed E-state index contributed by atoms with van der Waals surface area (Å²) in [5.74, 6) is -0.268. The van der Waals surface area contributed by atoms with Gasteiger partial charge >= 0.3 is 0 Å². The van der Waals surface area contributed by atoms with E-state index in [4.69, 9.17) is 5.14 Å². The van der Waals surface area contributed by atoms with Gasteiger partial charge in [0.1, 0.15) is 10.7 Å². The zero-order valence-corrected chi connectivity index (χ0v) is 16.6. The smallest absolute Gasteiger partial charge is 0.240 e. The molecule has 0 bridgehead atoms. The standard InChI is InChI=1S/C19H19FN4O2S2/c20-15-7-5-14(6-8-15)16-13-27-19(22-16)24-11-9-23(10-12-24)17-3-1-2-4-18(17)28(21,25)26/h1-8,13H,9-12H2,(H2,21,25,26). The Kier molecular flexibility index (Phi) is 5.05. The molecule has 28 heavy (non-hydrogen) atoms. The lowest BCUT2D eigenvalue weighted by molar-refractivity contribution is 0.595. The third-order valence-corrected chi connectivity index (χ3v) is 6.55. The van der Waals surface area contributed by atoms with Gasteiger partial charge in [-0.05, 0) is 36.4 Å². The number of nitrogens with zero attached hydrogens (tertiary/aromatic N) is 3. The van der Waals surface area contributed by atoms with Gasteiger partial charge in [-0.1, -0.05) is 12.1 Å². The summed E-state index contributed by atoms with van der Waals surface area (Å²) in [6.45, 7) is 2.76. The second-order valence-corrected chi connectivity index (χ2v) is 8.88. The minimum Gasteiger partial charge on any atom is -0.367 e. The first-order valence-electron chi connectivity index (χ1n) is 8.75. The van der Waals surface area contributed by atoms with E-state index in [1.54, 1.807) is 35.6 Å². The SMILES string of the molecule is NS(=O)(=O)c1ccccc1N1CCN(c2nc(-c3ccc(F)cc3)cs2)CC1. The van der Waals surface area contributed by atoms with Crippen LogP contribution in [0.5, 0.6) is 0 Å². The second kappa shape index (κ2) is 7.50. The largest absolute Gasteiger partial charge is 0.367 e. The first kappa shape index (κ1) is 18.9. The van der Waals surface area contributed by atoms with E-state index in [1.807, 2.05) is 16.3 Å². The molecule has 1 aromatic heterocycles. The van der Waals surface area contributed by atoms with Gasteiger partial charge in [0.05, 0.1) is 11.4 Å². The monoisotopic (exact) mass is 418 g/mol. The van der Waals surface area contributed by atoms with Crippen LogP contribution in [0.1, 0.15) is 0 Å². The van der Waals surface area contributed by atoms with Crippen LogP contribution in [0.25, 0.3) is 11.3 Å². The van der Waals surface area contributed by atoms with Crippen LogP contribution in [0.15, 0.2) is 58.8 Å². The Morgan fingerprint density at radius 2 is 1.61 bits per heavy atom. The van der Waals surface area contributed by atoms with Gasteiger partial charge in [-0.3, -0.25) is 0 Å². The summed E-state index contributed by atoms with van der Waals surface area (Å²) < 4.78 is 36.8. The lowest BCUT2D eigenvalue weighted by Crippen LogP contribution is -2.47. The molecule has 0 radical (unpaired) electrons. The number of primary sulfonamides is 1. The quantitative estimate of drug-likeness (QED) is 0.705. The van der Waals surface area contributed by atoms with Crippen LogP contribution in [-0.2, 0) is 10.0 Å². The molecule has 0 spiro atoms. The predicted octanol–water partition coefficient (Wildman–Crippen LogP) is 2.92. The number of hydrogen-bond acceptors (Lipinski definition) is 6. The number of halogens is 1.